The maximum atomic E-state index is 13.0. The average Bonchev–Trinajstić information content (AvgIpc) is 2.94. The highest BCUT2D eigenvalue weighted by molar-refractivity contribution is 7.47. The van der Waals surface area contributed by atoms with E-state index in [9.17, 15) is 43.2 Å². The summed E-state index contributed by atoms with van der Waals surface area (Å²) >= 11 is 0. The average molecular weight is 1330 g/mol. The van der Waals surface area contributed by atoms with Gasteiger partial charge in [0.2, 0.25) is 0 Å². The van der Waals surface area contributed by atoms with Crippen LogP contribution >= 0.6 is 15.6 Å². The molecule has 0 aromatic carbocycles. The van der Waals surface area contributed by atoms with Gasteiger partial charge in [0, 0.05) is 25.7 Å². The van der Waals surface area contributed by atoms with Crippen LogP contribution in [0.3, 0.4) is 0 Å². The predicted octanol–water partition coefficient (Wildman–Crippen LogP) is 20.2. The Morgan fingerprint density at radius 1 is 0.322 bits per heavy atom. The molecule has 0 saturated carbocycles. The lowest BCUT2D eigenvalue weighted by atomic mass is 9.99. The Hall–Kier alpha value is -1.94. The molecule has 3 N–H and O–H groups in total. The first kappa shape index (κ1) is 88.1. The zero-order valence-corrected chi connectivity index (χ0v) is 60.4. The zero-order chi connectivity index (χ0) is 66.6. The van der Waals surface area contributed by atoms with Crippen molar-refractivity contribution in [2.24, 2.45) is 17.8 Å². The Kier molecular flexibility index (Phi) is 60.6. The molecule has 0 aromatic heterocycles. The number of phosphoric acid groups is 2. The molecule has 0 aliphatic heterocycles. The van der Waals surface area contributed by atoms with E-state index in [0.29, 0.717) is 31.6 Å². The molecule has 0 radical (unpaired) electrons. The maximum absolute atomic E-state index is 13.0. The zero-order valence-electron chi connectivity index (χ0n) is 58.6. The SMILES string of the molecule is CCCCCCCCCCC(=O)OC[C@H](COP(=O)(O)OC[C@H](O)COP(=O)(O)OC[C@@H](COC(=O)CCCCCCCCCCCCCC(C)C)OC(=O)CCCCCCCCCCCCCCCCC(C)CC)OC(=O)CCCCCCCCCC(C)C. The van der Waals surface area contributed by atoms with Crippen LogP contribution in [0.2, 0.25) is 0 Å². The molecule has 19 heteroatoms. The largest absolute Gasteiger partial charge is 0.472 e. The fourth-order valence-corrected chi connectivity index (χ4v) is 12.3. The van der Waals surface area contributed by atoms with Crippen molar-refractivity contribution < 1.29 is 80.2 Å². The van der Waals surface area contributed by atoms with Gasteiger partial charge in [0.05, 0.1) is 26.4 Å². The van der Waals surface area contributed by atoms with E-state index < -0.39 is 97.5 Å². The van der Waals surface area contributed by atoms with Crippen LogP contribution in [0.15, 0.2) is 0 Å². The number of unbranched alkanes of at least 4 members (excludes halogenated alkanes) is 36. The number of ether oxygens (including phenoxy) is 4. The number of esters is 4. The Morgan fingerprint density at radius 3 is 0.844 bits per heavy atom. The van der Waals surface area contributed by atoms with E-state index in [1.54, 1.807) is 0 Å². The molecule has 0 rings (SSSR count). The van der Waals surface area contributed by atoms with Crippen LogP contribution < -0.4 is 0 Å². The number of aliphatic hydroxyl groups is 1. The second-order valence-electron chi connectivity index (χ2n) is 26.8. The van der Waals surface area contributed by atoms with Crippen molar-refractivity contribution in [3.63, 3.8) is 0 Å². The highest BCUT2D eigenvalue weighted by atomic mass is 31.2. The Morgan fingerprint density at radius 2 is 0.567 bits per heavy atom. The van der Waals surface area contributed by atoms with Gasteiger partial charge >= 0.3 is 39.5 Å². The molecule has 0 amide bonds. The summed E-state index contributed by atoms with van der Waals surface area (Å²) in [5.41, 5.74) is 0. The van der Waals surface area contributed by atoms with Crippen molar-refractivity contribution >= 4 is 39.5 Å². The van der Waals surface area contributed by atoms with Crippen LogP contribution in [0.25, 0.3) is 0 Å². The van der Waals surface area contributed by atoms with E-state index in [4.69, 9.17) is 37.0 Å². The molecule has 0 spiro atoms. The van der Waals surface area contributed by atoms with Crippen molar-refractivity contribution in [1.29, 1.82) is 0 Å². The molecule has 90 heavy (non-hydrogen) atoms. The number of aliphatic hydroxyl groups excluding tert-OH is 1. The molecule has 6 atom stereocenters. The number of hydrogen-bond acceptors (Lipinski definition) is 15. The second-order valence-corrected chi connectivity index (χ2v) is 29.7. The van der Waals surface area contributed by atoms with E-state index in [2.05, 4.69) is 48.5 Å². The lowest BCUT2D eigenvalue weighted by molar-refractivity contribution is -0.161. The molecule has 0 bridgehead atoms. The first-order valence-electron chi connectivity index (χ1n) is 36.9. The molecular weight excluding hydrogens is 1190 g/mol. The van der Waals surface area contributed by atoms with Crippen LogP contribution in [0.1, 0.15) is 357 Å². The highest BCUT2D eigenvalue weighted by Crippen LogP contribution is 2.45. The Labute approximate surface area is 549 Å². The molecule has 0 heterocycles. The minimum Gasteiger partial charge on any atom is -0.462 e. The molecule has 0 fully saturated rings. The summed E-state index contributed by atoms with van der Waals surface area (Å²) < 4.78 is 68.2. The normalized spacial score (nSPS) is 14.5. The minimum absolute atomic E-state index is 0.103. The van der Waals surface area contributed by atoms with Gasteiger partial charge in [-0.25, -0.2) is 9.13 Å². The van der Waals surface area contributed by atoms with Crippen molar-refractivity contribution in [1.82, 2.24) is 0 Å². The van der Waals surface area contributed by atoms with E-state index in [1.807, 2.05) is 0 Å². The summed E-state index contributed by atoms with van der Waals surface area (Å²) in [6.07, 6.45) is 45.9. The first-order chi connectivity index (χ1) is 43.3. The van der Waals surface area contributed by atoms with Crippen molar-refractivity contribution in [3.05, 3.63) is 0 Å². The molecular formula is C71H138O17P2. The second kappa shape index (κ2) is 61.9. The summed E-state index contributed by atoms with van der Waals surface area (Å²) in [4.78, 5) is 72.5. The summed E-state index contributed by atoms with van der Waals surface area (Å²) in [5.74, 6) is 0.184. The van der Waals surface area contributed by atoms with Gasteiger partial charge < -0.3 is 33.8 Å². The van der Waals surface area contributed by atoms with E-state index in [-0.39, 0.29) is 25.7 Å². The third kappa shape index (κ3) is 63.5. The van der Waals surface area contributed by atoms with Crippen molar-refractivity contribution in [2.75, 3.05) is 39.6 Å². The lowest BCUT2D eigenvalue weighted by Crippen LogP contribution is -2.30. The third-order valence-electron chi connectivity index (χ3n) is 16.7. The van der Waals surface area contributed by atoms with Crippen LogP contribution in [0.4, 0.5) is 0 Å². The van der Waals surface area contributed by atoms with E-state index in [0.717, 1.165) is 108 Å². The van der Waals surface area contributed by atoms with Gasteiger partial charge in [-0.1, -0.05) is 305 Å². The number of carbonyl (C=O) groups is 4. The standard InChI is InChI=1S/C71H138O17P2/c1-8-10-11-12-13-31-38-45-52-68(73)81-58-67(88-71(76)55-48-41-34-27-29-36-43-50-63(5)6)61-86-90(79,80)84-57-65(72)56-83-89(77,78)85-60-66(59-82-69(74)53-46-39-32-25-22-18-19-23-28-35-42-49-62(3)4)87-70(75)54-47-40-33-26-21-17-15-14-16-20-24-30-37-44-51-64(7)9-2/h62-67,72H,8-61H2,1-7H3,(H,77,78)(H,79,80)/t64?,65-,66-,67-/m1/s1. The third-order valence-corrected chi connectivity index (χ3v) is 18.6. The van der Waals surface area contributed by atoms with Gasteiger partial charge in [-0.05, 0) is 43.4 Å². The van der Waals surface area contributed by atoms with Crippen LogP contribution in [0, 0.1) is 17.8 Å². The van der Waals surface area contributed by atoms with E-state index in [1.165, 1.54) is 161 Å². The number of rotatable bonds is 69. The van der Waals surface area contributed by atoms with Gasteiger partial charge in [0.1, 0.15) is 19.3 Å². The monoisotopic (exact) mass is 1320 g/mol. The van der Waals surface area contributed by atoms with Crippen LogP contribution in [-0.2, 0) is 65.4 Å². The van der Waals surface area contributed by atoms with Gasteiger partial charge in [-0.15, -0.1) is 0 Å². The Bertz CT molecular complexity index is 1770. The topological polar surface area (TPSA) is 237 Å². The van der Waals surface area contributed by atoms with Crippen LogP contribution in [-0.4, -0.2) is 96.7 Å². The fourth-order valence-electron chi connectivity index (χ4n) is 10.7. The minimum atomic E-state index is -4.95. The first-order valence-corrected chi connectivity index (χ1v) is 39.9. The molecule has 534 valence electrons. The lowest BCUT2D eigenvalue weighted by Gasteiger charge is -2.21. The summed E-state index contributed by atoms with van der Waals surface area (Å²) in [5, 5.41) is 10.6. The summed E-state index contributed by atoms with van der Waals surface area (Å²) in [6.45, 7) is 11.8. The van der Waals surface area contributed by atoms with Gasteiger partial charge in [0.25, 0.3) is 0 Å². The van der Waals surface area contributed by atoms with Gasteiger partial charge in [-0.2, -0.15) is 0 Å². The fraction of sp³-hybridized carbons (Fsp3) is 0.944. The van der Waals surface area contributed by atoms with Gasteiger partial charge in [0.15, 0.2) is 12.2 Å². The summed E-state index contributed by atoms with van der Waals surface area (Å²) in [6, 6.07) is 0. The van der Waals surface area contributed by atoms with E-state index >= 15 is 0 Å². The quantitative estimate of drug-likeness (QED) is 0.0222. The molecule has 0 saturated heterocycles. The highest BCUT2D eigenvalue weighted by Gasteiger charge is 2.30. The number of hydrogen-bond donors (Lipinski definition) is 3. The molecule has 0 aliphatic rings. The van der Waals surface area contributed by atoms with Crippen molar-refractivity contribution in [3.8, 4) is 0 Å². The Balaban J connectivity index is 5.21. The number of phosphoric ester groups is 2. The van der Waals surface area contributed by atoms with Crippen molar-refractivity contribution in [2.45, 2.75) is 375 Å². The predicted molar refractivity (Wildman–Crippen MR) is 363 cm³/mol. The van der Waals surface area contributed by atoms with Gasteiger partial charge in [-0.3, -0.25) is 37.3 Å². The van der Waals surface area contributed by atoms with Crippen LogP contribution in [0.5, 0.6) is 0 Å². The molecule has 0 aliphatic carbocycles. The smallest absolute Gasteiger partial charge is 0.462 e. The maximum Gasteiger partial charge on any atom is 0.472 e. The number of carbonyl (C=O) groups excluding carboxylic acids is 4. The summed E-state index contributed by atoms with van der Waals surface area (Å²) in [7, 11) is -9.90. The molecule has 17 nitrogen and oxygen atoms in total. The molecule has 0 aromatic rings. The molecule has 3 unspecified atom stereocenters.